The molecule has 2 fully saturated rings. The van der Waals surface area contributed by atoms with Crippen molar-refractivity contribution in [3.63, 3.8) is 0 Å². The van der Waals surface area contributed by atoms with Crippen LogP contribution in [0.5, 0.6) is 0 Å². The van der Waals surface area contributed by atoms with Gasteiger partial charge in [0.05, 0.1) is 13.9 Å². The molecule has 4 unspecified atom stereocenters. The molecule has 27 heavy (non-hydrogen) atoms. The Morgan fingerprint density at radius 1 is 0.963 bits per heavy atom. The van der Waals surface area contributed by atoms with Gasteiger partial charge in [-0.05, 0) is 20.8 Å². The van der Waals surface area contributed by atoms with Crippen molar-refractivity contribution >= 4 is 71.6 Å². The zero-order valence-corrected chi connectivity index (χ0v) is 19.9. The molecule has 0 aromatic rings. The lowest BCUT2D eigenvalue weighted by Crippen LogP contribution is -2.36. The summed E-state index contributed by atoms with van der Waals surface area (Å²) < 4.78 is 11.0. The summed E-state index contributed by atoms with van der Waals surface area (Å²) in [5.74, 6) is 1.23. The van der Waals surface area contributed by atoms with E-state index in [2.05, 4.69) is 20.1 Å². The fourth-order valence-electron chi connectivity index (χ4n) is 2.38. The van der Waals surface area contributed by atoms with Crippen molar-refractivity contribution in [2.24, 2.45) is 0 Å². The fourth-order valence-corrected chi connectivity index (χ4v) is 10.4. The largest absolute Gasteiger partial charge is 0.461 e. The number of hydrogen-bond donors (Lipinski definition) is 1. The monoisotopic (exact) mass is 466 g/mol. The molecule has 2 saturated heterocycles. The zero-order valence-electron chi connectivity index (χ0n) is 15.8. The number of carbonyl (C=O) groups is 2. The fraction of sp³-hybridized carbons (Fsp3) is 0.667. The number of hydrogen-bond acceptors (Lipinski definition) is 9. The third-order valence-electron chi connectivity index (χ3n) is 3.95. The van der Waals surface area contributed by atoms with Crippen LogP contribution >= 0.6 is 59.7 Å². The maximum atomic E-state index is 11.6. The highest BCUT2D eigenvalue weighted by molar-refractivity contribution is 8.23. The molecule has 4 nitrogen and oxygen atoms in total. The summed E-state index contributed by atoms with van der Waals surface area (Å²) in [6.45, 7) is 13.5. The molecule has 0 aromatic carbocycles. The molecule has 2 aliphatic rings. The molecule has 0 N–H and O–H groups in total. The van der Waals surface area contributed by atoms with E-state index in [0.717, 1.165) is 11.5 Å². The lowest BCUT2D eigenvalue weighted by atomic mass is 10.2. The van der Waals surface area contributed by atoms with E-state index < -0.39 is 0 Å². The Kier molecular flexibility index (Phi) is 8.92. The Balaban J connectivity index is 1.80. The van der Waals surface area contributed by atoms with Gasteiger partial charge in [0.15, 0.2) is 0 Å². The van der Waals surface area contributed by atoms with Crippen LogP contribution in [-0.4, -0.2) is 61.1 Å². The Morgan fingerprint density at radius 3 is 1.67 bits per heavy atom. The van der Waals surface area contributed by atoms with E-state index in [0.29, 0.717) is 33.5 Å². The first-order chi connectivity index (χ1) is 12.6. The molecule has 0 saturated carbocycles. The maximum Gasteiger partial charge on any atom is 0.333 e. The Morgan fingerprint density at radius 2 is 1.33 bits per heavy atom. The first kappa shape index (κ1) is 23.4. The van der Waals surface area contributed by atoms with Gasteiger partial charge in [-0.3, -0.25) is 0 Å². The molecular formula is C18H26O4S5. The average molecular weight is 467 g/mol. The smallest absolute Gasteiger partial charge is 0.333 e. The van der Waals surface area contributed by atoms with Crippen LogP contribution in [0.4, 0.5) is 0 Å². The summed E-state index contributed by atoms with van der Waals surface area (Å²) in [5.41, 5.74) is 0.858. The van der Waals surface area contributed by atoms with Crippen LogP contribution in [0, 0.1) is 0 Å². The van der Waals surface area contributed by atoms with Gasteiger partial charge >= 0.3 is 11.9 Å². The van der Waals surface area contributed by atoms with Crippen molar-refractivity contribution in [2.45, 2.75) is 45.2 Å². The summed E-state index contributed by atoms with van der Waals surface area (Å²) in [7, 11) is 0. The molecule has 0 aromatic heterocycles. The number of carbonyl (C=O) groups excluding carboxylic acids is 2. The molecule has 0 aliphatic carbocycles. The molecule has 2 heterocycles. The quantitative estimate of drug-likeness (QED) is 0.323. The SMILES string of the molecule is C=C(C)C(=O)OCC1CSC(C(C)(S)C2SCC(COC(=O)C(=C)C)S2)S1. The second-order valence-corrected chi connectivity index (χ2v) is 13.5. The van der Waals surface area contributed by atoms with Crippen molar-refractivity contribution < 1.29 is 19.1 Å². The van der Waals surface area contributed by atoms with E-state index >= 15 is 0 Å². The highest BCUT2D eigenvalue weighted by Crippen LogP contribution is 2.55. The molecule has 0 spiro atoms. The van der Waals surface area contributed by atoms with Crippen LogP contribution in [0.3, 0.4) is 0 Å². The number of ether oxygens (including phenoxy) is 2. The number of thioether (sulfide) groups is 4. The van der Waals surface area contributed by atoms with Crippen LogP contribution in [0.25, 0.3) is 0 Å². The lowest BCUT2D eigenvalue weighted by molar-refractivity contribution is -0.139. The minimum atomic E-state index is -0.327. The van der Waals surface area contributed by atoms with E-state index in [1.807, 2.05) is 47.0 Å². The average Bonchev–Trinajstić information content (AvgIpc) is 3.27. The molecule has 9 heteroatoms. The second kappa shape index (κ2) is 10.3. The minimum absolute atomic E-state index is 0.190. The third-order valence-corrected chi connectivity index (χ3v) is 12.7. The van der Waals surface area contributed by atoms with Crippen LogP contribution in [0.15, 0.2) is 24.3 Å². The van der Waals surface area contributed by atoms with Crippen molar-refractivity contribution in [2.75, 3.05) is 24.7 Å². The Bertz CT molecular complexity index is 557. The number of rotatable bonds is 8. The van der Waals surface area contributed by atoms with Crippen molar-refractivity contribution in [1.29, 1.82) is 0 Å². The van der Waals surface area contributed by atoms with Crippen LogP contribution in [0.2, 0.25) is 0 Å². The van der Waals surface area contributed by atoms with E-state index in [4.69, 9.17) is 22.1 Å². The highest BCUT2D eigenvalue weighted by atomic mass is 32.2. The minimum Gasteiger partial charge on any atom is -0.461 e. The number of thiol groups is 1. The highest BCUT2D eigenvalue weighted by Gasteiger charge is 2.47. The summed E-state index contributed by atoms with van der Waals surface area (Å²) in [4.78, 5) is 23.1. The van der Waals surface area contributed by atoms with Gasteiger partial charge in [-0.15, -0.1) is 47.0 Å². The predicted octanol–water partition coefficient (Wildman–Crippen LogP) is 4.26. The van der Waals surface area contributed by atoms with Crippen LogP contribution in [-0.2, 0) is 19.1 Å². The zero-order chi connectivity index (χ0) is 20.2. The Labute approximate surface area is 184 Å². The Hall–Kier alpha value is 0.170. The van der Waals surface area contributed by atoms with Crippen LogP contribution in [0.1, 0.15) is 20.8 Å². The first-order valence-electron chi connectivity index (χ1n) is 8.53. The van der Waals surface area contributed by atoms with E-state index in [1.54, 1.807) is 13.8 Å². The molecule has 2 aliphatic heterocycles. The molecule has 0 amide bonds. The van der Waals surface area contributed by atoms with Crippen molar-refractivity contribution in [1.82, 2.24) is 0 Å². The third kappa shape index (κ3) is 6.59. The van der Waals surface area contributed by atoms with Gasteiger partial charge < -0.3 is 9.47 Å². The normalized spacial score (nSPS) is 29.8. The van der Waals surface area contributed by atoms with Crippen molar-refractivity contribution in [3.8, 4) is 0 Å². The summed E-state index contributed by atoms with van der Waals surface area (Å²) >= 11 is 12.4. The van der Waals surface area contributed by atoms with E-state index in [1.165, 1.54) is 0 Å². The molecular weight excluding hydrogens is 441 g/mol. The summed E-state index contributed by atoms with van der Waals surface area (Å²) in [5, 5.41) is 0.553. The maximum absolute atomic E-state index is 11.6. The van der Waals surface area contributed by atoms with Gasteiger partial charge in [-0.2, -0.15) is 12.6 Å². The van der Waals surface area contributed by atoms with Crippen molar-refractivity contribution in [3.05, 3.63) is 24.3 Å². The molecule has 0 bridgehead atoms. The van der Waals surface area contributed by atoms with Gasteiger partial charge in [0.1, 0.15) is 13.2 Å². The molecule has 4 atom stereocenters. The topological polar surface area (TPSA) is 52.6 Å². The molecule has 0 radical (unpaired) electrons. The summed E-state index contributed by atoms with van der Waals surface area (Å²) in [6, 6.07) is 0. The molecule has 2 rings (SSSR count). The van der Waals surface area contributed by atoms with Gasteiger partial charge in [-0.25, -0.2) is 9.59 Å². The number of esters is 2. The predicted molar refractivity (Wildman–Crippen MR) is 124 cm³/mol. The van der Waals surface area contributed by atoms with E-state index in [-0.39, 0.29) is 27.2 Å². The summed E-state index contributed by atoms with van der Waals surface area (Å²) in [6.07, 6.45) is 0. The van der Waals surface area contributed by atoms with Crippen LogP contribution < -0.4 is 0 Å². The van der Waals surface area contributed by atoms with Gasteiger partial charge in [0.25, 0.3) is 0 Å². The molecule has 152 valence electrons. The van der Waals surface area contributed by atoms with E-state index in [9.17, 15) is 9.59 Å². The van der Waals surface area contributed by atoms with Gasteiger partial charge in [0, 0.05) is 33.2 Å². The van der Waals surface area contributed by atoms with Gasteiger partial charge in [-0.1, -0.05) is 13.2 Å². The first-order valence-corrected chi connectivity index (χ1v) is 13.0. The standard InChI is InChI=1S/C18H26O4S5/c1-10(2)14(19)21-6-12-8-24-16(26-12)18(5,23)17-25-9-13(27-17)7-22-15(20)11(3)4/h12-13,16-17,23H,1,3,6-9H2,2,4-5H3. The van der Waals surface area contributed by atoms with Gasteiger partial charge in [0.2, 0.25) is 0 Å². The lowest BCUT2D eigenvalue weighted by Gasteiger charge is -2.34. The second-order valence-electron chi connectivity index (χ2n) is 6.83.